The molecule has 208 valence electrons. The molecule has 2 atom stereocenters. The van der Waals surface area contributed by atoms with Crippen molar-refractivity contribution in [1.29, 1.82) is 0 Å². The van der Waals surface area contributed by atoms with Gasteiger partial charge in [-0.25, -0.2) is 18.2 Å². The highest BCUT2D eigenvalue weighted by Crippen LogP contribution is 2.38. The van der Waals surface area contributed by atoms with Crippen LogP contribution in [0.4, 0.5) is 24.7 Å². The van der Waals surface area contributed by atoms with Crippen molar-refractivity contribution >= 4 is 23.3 Å². The van der Waals surface area contributed by atoms with Crippen LogP contribution in [0.1, 0.15) is 54.6 Å². The summed E-state index contributed by atoms with van der Waals surface area (Å²) in [6.45, 7) is 4.32. The monoisotopic (exact) mass is 549 g/mol. The number of pyridine rings is 1. The Kier molecular flexibility index (Phi) is 6.95. The third-order valence-corrected chi connectivity index (χ3v) is 8.19. The van der Waals surface area contributed by atoms with Crippen LogP contribution < -0.4 is 10.2 Å². The van der Waals surface area contributed by atoms with Gasteiger partial charge in [-0.3, -0.25) is 14.5 Å². The van der Waals surface area contributed by atoms with E-state index in [-0.39, 0.29) is 30.1 Å². The zero-order valence-electron chi connectivity index (χ0n) is 22.2. The number of likely N-dealkylation sites (tertiary alicyclic amines) is 2. The van der Waals surface area contributed by atoms with E-state index < -0.39 is 23.5 Å². The Morgan fingerprint density at radius 1 is 0.950 bits per heavy atom. The number of carbonyl (C=O) groups is 2. The molecule has 1 N–H and O–H groups in total. The van der Waals surface area contributed by atoms with E-state index in [1.54, 1.807) is 31.3 Å². The van der Waals surface area contributed by atoms with Gasteiger partial charge in [0.1, 0.15) is 5.82 Å². The number of anilines is 2. The number of nitrogens with zero attached hydrogens (tertiary/aromatic N) is 4. The topological polar surface area (TPSA) is 68.8 Å². The fourth-order valence-electron chi connectivity index (χ4n) is 6.11. The molecule has 0 radical (unpaired) electrons. The number of rotatable bonds is 5. The summed E-state index contributed by atoms with van der Waals surface area (Å²) in [6.07, 6.45) is 6.17. The second-order valence-corrected chi connectivity index (χ2v) is 10.6. The van der Waals surface area contributed by atoms with Crippen molar-refractivity contribution in [2.45, 2.75) is 44.8 Å². The van der Waals surface area contributed by atoms with Gasteiger partial charge in [-0.15, -0.1) is 0 Å². The molecule has 2 aromatic carbocycles. The lowest BCUT2D eigenvalue weighted by Gasteiger charge is -2.35. The summed E-state index contributed by atoms with van der Waals surface area (Å²) in [6, 6.07) is 9.41. The molecule has 10 heteroatoms. The molecule has 0 spiro atoms. The van der Waals surface area contributed by atoms with Gasteiger partial charge in [-0.2, -0.15) is 0 Å². The van der Waals surface area contributed by atoms with Crippen molar-refractivity contribution in [1.82, 2.24) is 14.8 Å². The molecule has 2 amide bonds. The van der Waals surface area contributed by atoms with E-state index in [4.69, 9.17) is 0 Å². The van der Waals surface area contributed by atoms with Gasteiger partial charge < -0.3 is 15.1 Å². The lowest BCUT2D eigenvalue weighted by Crippen LogP contribution is -2.46. The number of fused-ring (bicyclic) bond motifs is 1. The number of hydrogen-bond donors (Lipinski definition) is 1. The molecule has 3 aromatic rings. The number of benzene rings is 2. The Hall–Kier alpha value is -3.92. The van der Waals surface area contributed by atoms with Crippen molar-refractivity contribution < 1.29 is 22.8 Å². The van der Waals surface area contributed by atoms with Crippen LogP contribution in [0.15, 0.2) is 48.7 Å². The molecular formula is C30H30F3N5O2. The van der Waals surface area contributed by atoms with Crippen molar-refractivity contribution in [2.75, 3.05) is 36.4 Å². The maximum absolute atomic E-state index is 14.6. The molecule has 40 heavy (non-hydrogen) atoms. The van der Waals surface area contributed by atoms with Crippen LogP contribution in [0.2, 0.25) is 0 Å². The number of halogens is 3. The SMILES string of the molecule is CC(c1cc(F)c(F)cc1F)N1C(=O)CNc2ncc(-c3ccc(C(=O)N4CCCC4N4CCCC4)cc3)cc21. The summed E-state index contributed by atoms with van der Waals surface area (Å²) in [5.41, 5.74) is 2.35. The maximum Gasteiger partial charge on any atom is 0.255 e. The van der Waals surface area contributed by atoms with Gasteiger partial charge in [-0.05, 0) is 62.4 Å². The van der Waals surface area contributed by atoms with E-state index in [1.165, 1.54) is 17.7 Å². The lowest BCUT2D eigenvalue weighted by atomic mass is 10.0. The molecule has 0 aliphatic carbocycles. The Morgan fingerprint density at radius 3 is 2.42 bits per heavy atom. The Labute approximate surface area is 230 Å². The van der Waals surface area contributed by atoms with E-state index in [1.807, 2.05) is 17.0 Å². The minimum absolute atomic E-state index is 0.0212. The van der Waals surface area contributed by atoms with Gasteiger partial charge in [0, 0.05) is 48.6 Å². The van der Waals surface area contributed by atoms with Gasteiger partial charge >= 0.3 is 0 Å². The average molecular weight is 550 g/mol. The third-order valence-electron chi connectivity index (χ3n) is 8.19. The largest absolute Gasteiger partial charge is 0.359 e. The first-order valence-corrected chi connectivity index (χ1v) is 13.7. The molecule has 3 aliphatic rings. The average Bonchev–Trinajstić information content (AvgIpc) is 3.66. The fourth-order valence-corrected chi connectivity index (χ4v) is 6.11. The van der Waals surface area contributed by atoms with Crippen LogP contribution in [0.3, 0.4) is 0 Å². The predicted molar refractivity (Wildman–Crippen MR) is 145 cm³/mol. The van der Waals surface area contributed by atoms with Gasteiger partial charge in [0.2, 0.25) is 5.91 Å². The van der Waals surface area contributed by atoms with Gasteiger partial charge in [0.15, 0.2) is 17.5 Å². The summed E-state index contributed by atoms with van der Waals surface area (Å²) in [7, 11) is 0. The second-order valence-electron chi connectivity index (χ2n) is 10.6. The van der Waals surface area contributed by atoms with Crippen LogP contribution in [0.5, 0.6) is 0 Å². The van der Waals surface area contributed by atoms with Crippen LogP contribution in [0.25, 0.3) is 11.1 Å². The van der Waals surface area contributed by atoms with Crippen molar-refractivity contribution in [2.24, 2.45) is 0 Å². The zero-order valence-corrected chi connectivity index (χ0v) is 22.2. The zero-order chi connectivity index (χ0) is 28.0. The first-order valence-electron chi connectivity index (χ1n) is 13.7. The van der Waals surface area contributed by atoms with E-state index in [0.29, 0.717) is 28.7 Å². The highest BCUT2D eigenvalue weighted by molar-refractivity contribution is 6.03. The summed E-state index contributed by atoms with van der Waals surface area (Å²) < 4.78 is 42.1. The van der Waals surface area contributed by atoms with Crippen molar-refractivity contribution in [3.05, 3.63) is 77.2 Å². The Balaban J connectivity index is 1.27. The summed E-state index contributed by atoms with van der Waals surface area (Å²) in [5, 5.41) is 2.96. The minimum Gasteiger partial charge on any atom is -0.359 e. The fraction of sp³-hybridized carbons (Fsp3) is 0.367. The van der Waals surface area contributed by atoms with E-state index >= 15 is 0 Å². The van der Waals surface area contributed by atoms with Crippen LogP contribution >= 0.6 is 0 Å². The molecule has 4 heterocycles. The molecule has 1 aromatic heterocycles. The second kappa shape index (κ2) is 10.6. The Bertz CT molecular complexity index is 1460. The first kappa shape index (κ1) is 26.3. The lowest BCUT2D eigenvalue weighted by molar-refractivity contribution is -0.117. The van der Waals surface area contributed by atoms with Gasteiger partial charge in [0.05, 0.1) is 24.4 Å². The van der Waals surface area contributed by atoms with E-state index in [9.17, 15) is 22.8 Å². The molecule has 2 saturated heterocycles. The standard InChI is InChI=1S/C30H30F3N5O2/c1-18(22-14-24(32)25(33)15-23(22)31)38-26-13-21(16-34-29(26)35-17-28(38)39)19-6-8-20(9-7-19)30(40)37-12-4-5-27(37)36-10-2-3-11-36/h6-9,13-16,18,27H,2-5,10-12,17H2,1H3,(H,34,35). The molecule has 6 rings (SSSR count). The number of nitrogens with one attached hydrogen (secondary N) is 1. The maximum atomic E-state index is 14.6. The van der Waals surface area contributed by atoms with Crippen LogP contribution in [-0.2, 0) is 4.79 Å². The number of aromatic nitrogens is 1. The van der Waals surface area contributed by atoms with Crippen LogP contribution in [-0.4, -0.2) is 58.9 Å². The first-order chi connectivity index (χ1) is 19.3. The predicted octanol–water partition coefficient (Wildman–Crippen LogP) is 5.34. The van der Waals surface area contributed by atoms with Gasteiger partial charge in [-0.1, -0.05) is 12.1 Å². The Morgan fingerprint density at radius 2 is 1.68 bits per heavy atom. The molecule has 7 nitrogen and oxygen atoms in total. The normalized spacial score (nSPS) is 20.0. The van der Waals surface area contributed by atoms with E-state index in [2.05, 4.69) is 15.2 Å². The van der Waals surface area contributed by atoms with E-state index in [0.717, 1.165) is 44.1 Å². The highest BCUT2D eigenvalue weighted by atomic mass is 19.2. The quantitative estimate of drug-likeness (QED) is 0.435. The summed E-state index contributed by atoms with van der Waals surface area (Å²) in [4.78, 5) is 36.5. The smallest absolute Gasteiger partial charge is 0.255 e. The van der Waals surface area contributed by atoms with Crippen LogP contribution in [0, 0.1) is 17.5 Å². The van der Waals surface area contributed by atoms with Crippen molar-refractivity contribution in [3.8, 4) is 11.1 Å². The number of carbonyl (C=O) groups excluding carboxylic acids is 2. The molecular weight excluding hydrogens is 519 g/mol. The molecule has 3 aliphatic heterocycles. The summed E-state index contributed by atoms with van der Waals surface area (Å²) >= 11 is 0. The highest BCUT2D eigenvalue weighted by Gasteiger charge is 2.35. The number of hydrogen-bond acceptors (Lipinski definition) is 5. The summed E-state index contributed by atoms with van der Waals surface area (Å²) in [5.74, 6) is -3.33. The molecule has 0 bridgehead atoms. The third kappa shape index (κ3) is 4.70. The molecule has 2 fully saturated rings. The van der Waals surface area contributed by atoms with Gasteiger partial charge in [0.25, 0.3) is 5.91 Å². The minimum atomic E-state index is -1.29. The number of amides is 2. The van der Waals surface area contributed by atoms with Crippen molar-refractivity contribution in [3.63, 3.8) is 0 Å². The molecule has 0 saturated carbocycles. The molecule has 2 unspecified atom stereocenters.